The molecule has 212 valence electrons. The Labute approximate surface area is 221 Å². The Hall–Kier alpha value is -0.410. The van der Waals surface area contributed by atoms with Crippen LogP contribution in [0.15, 0.2) is 0 Å². The summed E-state index contributed by atoms with van der Waals surface area (Å²) in [6.45, 7) is 31.3. The number of carbonyl (C=O) groups is 1. The Morgan fingerprint density at radius 2 is 1.00 bits per heavy atom. The van der Waals surface area contributed by atoms with E-state index in [4.69, 9.17) is 9.47 Å². The minimum Gasteiger partial charge on any atom is -0.375 e. The molecule has 0 amide bonds. The van der Waals surface area contributed by atoms with Crippen LogP contribution in [-0.4, -0.2) is 30.7 Å². The average Bonchev–Trinajstić information content (AvgIpc) is 3.10. The van der Waals surface area contributed by atoms with E-state index in [9.17, 15) is 4.79 Å². The van der Waals surface area contributed by atoms with Crippen molar-refractivity contribution in [2.75, 3.05) is 0 Å². The summed E-state index contributed by atoms with van der Waals surface area (Å²) in [6.07, 6.45) is 6.52. The lowest BCUT2D eigenvalue weighted by Gasteiger charge is -2.42. The molecule has 2 fully saturated rings. The molecular weight excluding hydrogens is 432 g/mol. The topological polar surface area (TPSA) is 35.5 Å². The van der Waals surface area contributed by atoms with E-state index in [2.05, 4.69) is 90.0 Å². The van der Waals surface area contributed by atoms with Crippen molar-refractivity contribution in [3.8, 4) is 0 Å². The van der Waals surface area contributed by atoms with E-state index in [1.807, 2.05) is 6.92 Å². The van der Waals surface area contributed by atoms with Gasteiger partial charge in [-0.2, -0.15) is 0 Å². The molecule has 0 saturated carbocycles. The lowest BCUT2D eigenvalue weighted by molar-refractivity contribution is -0.125. The summed E-state index contributed by atoms with van der Waals surface area (Å²) in [4.78, 5) is 10.6. The Morgan fingerprint density at radius 3 is 1.34 bits per heavy atom. The molecule has 0 aromatic carbocycles. The molecule has 0 N–H and O–H groups in total. The molecule has 35 heavy (non-hydrogen) atoms. The van der Waals surface area contributed by atoms with E-state index in [1.54, 1.807) is 0 Å². The summed E-state index contributed by atoms with van der Waals surface area (Å²) in [5.74, 6) is 5.82. The van der Waals surface area contributed by atoms with Crippen molar-refractivity contribution in [3.63, 3.8) is 0 Å². The highest BCUT2D eigenvalue weighted by atomic mass is 16.5. The van der Waals surface area contributed by atoms with Gasteiger partial charge >= 0.3 is 0 Å². The van der Waals surface area contributed by atoms with Crippen LogP contribution >= 0.6 is 0 Å². The van der Waals surface area contributed by atoms with Crippen molar-refractivity contribution in [2.24, 2.45) is 53.3 Å². The second kappa shape index (κ2) is 17.9. The predicted octanol–water partition coefficient (Wildman–Crippen LogP) is 9.32. The first-order valence-corrected chi connectivity index (χ1v) is 14.5. The molecule has 0 radical (unpaired) electrons. The van der Waals surface area contributed by atoms with Crippen molar-refractivity contribution in [3.05, 3.63) is 0 Å². The van der Waals surface area contributed by atoms with Crippen LogP contribution < -0.4 is 0 Å². The van der Waals surface area contributed by atoms with Crippen LogP contribution in [0, 0.1) is 53.3 Å². The number of hydrogen-bond acceptors (Lipinski definition) is 3. The summed E-state index contributed by atoms with van der Waals surface area (Å²) >= 11 is 0. The molecule has 2 aliphatic heterocycles. The summed E-state index contributed by atoms with van der Waals surface area (Å²) in [5.41, 5.74) is 0. The van der Waals surface area contributed by atoms with E-state index in [0.29, 0.717) is 42.2 Å². The standard InChI is InChI=1S/2C11H22O.C9H18O.CH4/c1-6-11-9(4)7(2)8(3)10(5)12-11;1-6-8(2)10(4)11(5)9(3)7-12;1-5-9-7(3)6(2)8(4)10-9;/h2*7-11H,6H2,1-5H3;6-9H,5H2,1-4H3;1H4. The third-order valence-electron chi connectivity index (χ3n) is 10.1. The van der Waals surface area contributed by atoms with Crippen molar-refractivity contribution >= 4 is 6.29 Å². The lowest BCUT2D eigenvalue weighted by Crippen LogP contribution is -2.42. The van der Waals surface area contributed by atoms with Crippen LogP contribution in [0.1, 0.15) is 124 Å². The van der Waals surface area contributed by atoms with Gasteiger partial charge < -0.3 is 14.3 Å². The van der Waals surface area contributed by atoms with Crippen molar-refractivity contribution in [1.82, 2.24) is 0 Å². The van der Waals surface area contributed by atoms with Gasteiger partial charge in [0.2, 0.25) is 0 Å². The summed E-state index contributed by atoms with van der Waals surface area (Å²) in [7, 11) is 0. The third-order valence-corrected chi connectivity index (χ3v) is 10.1. The molecule has 0 aliphatic carbocycles. The van der Waals surface area contributed by atoms with Crippen LogP contribution in [0.3, 0.4) is 0 Å². The molecule has 0 spiro atoms. The minimum absolute atomic E-state index is 0. The molecule has 13 unspecified atom stereocenters. The minimum atomic E-state index is 0. The maximum atomic E-state index is 10.6. The first-order chi connectivity index (χ1) is 15.8. The van der Waals surface area contributed by atoms with Gasteiger partial charge in [-0.05, 0) is 74.0 Å². The quantitative estimate of drug-likeness (QED) is 0.328. The van der Waals surface area contributed by atoms with Crippen molar-refractivity contribution in [2.45, 2.75) is 148 Å². The molecule has 2 saturated heterocycles. The van der Waals surface area contributed by atoms with Crippen LogP contribution in [-0.2, 0) is 14.3 Å². The SMILES string of the molecule is C.CCC(C)C(C)C(C)C(C)C=O.CCC1OC(C)C(C)C(C)C1C.CCC1OC(C)C(C)C1C. The summed E-state index contributed by atoms with van der Waals surface area (Å²) in [5, 5.41) is 0. The molecule has 2 rings (SSSR count). The Balaban J connectivity index is 0. The molecule has 2 heterocycles. The predicted molar refractivity (Wildman–Crippen MR) is 155 cm³/mol. The summed E-state index contributed by atoms with van der Waals surface area (Å²) in [6, 6.07) is 0. The number of ether oxygens (including phenoxy) is 2. The van der Waals surface area contributed by atoms with Crippen molar-refractivity contribution < 1.29 is 14.3 Å². The summed E-state index contributed by atoms with van der Waals surface area (Å²) < 4.78 is 11.7. The Bertz CT molecular complexity index is 530. The van der Waals surface area contributed by atoms with Gasteiger partial charge in [-0.3, -0.25) is 0 Å². The van der Waals surface area contributed by atoms with Crippen LogP contribution in [0.5, 0.6) is 0 Å². The van der Waals surface area contributed by atoms with Crippen LogP contribution in [0.2, 0.25) is 0 Å². The number of hydrogen-bond donors (Lipinski definition) is 0. The van der Waals surface area contributed by atoms with Gasteiger partial charge in [0.15, 0.2) is 0 Å². The van der Waals surface area contributed by atoms with Gasteiger partial charge in [0.1, 0.15) is 6.29 Å². The molecule has 0 aromatic heterocycles. The van der Waals surface area contributed by atoms with Crippen LogP contribution in [0.25, 0.3) is 0 Å². The maximum absolute atomic E-state index is 10.6. The molecule has 3 heteroatoms. The highest BCUT2D eigenvalue weighted by Crippen LogP contribution is 2.36. The fourth-order valence-corrected chi connectivity index (χ4v) is 5.49. The zero-order valence-electron chi connectivity index (χ0n) is 25.4. The first kappa shape index (κ1) is 36.7. The van der Waals surface area contributed by atoms with E-state index in [1.165, 1.54) is 6.42 Å². The highest BCUT2D eigenvalue weighted by molar-refractivity contribution is 5.53. The van der Waals surface area contributed by atoms with E-state index in [0.717, 1.165) is 48.7 Å². The molecule has 3 nitrogen and oxygen atoms in total. The van der Waals surface area contributed by atoms with Gasteiger partial charge in [-0.1, -0.05) is 96.9 Å². The van der Waals surface area contributed by atoms with Gasteiger partial charge in [0, 0.05) is 5.92 Å². The third kappa shape index (κ3) is 10.8. The van der Waals surface area contributed by atoms with E-state index < -0.39 is 0 Å². The fourth-order valence-electron chi connectivity index (χ4n) is 5.49. The zero-order valence-corrected chi connectivity index (χ0v) is 25.4. The second-order valence-electron chi connectivity index (χ2n) is 12.0. The van der Waals surface area contributed by atoms with E-state index in [-0.39, 0.29) is 13.3 Å². The molecule has 13 atom stereocenters. The average molecular weight is 499 g/mol. The molecule has 0 aromatic rings. The first-order valence-electron chi connectivity index (χ1n) is 14.5. The molecule has 0 bridgehead atoms. The lowest BCUT2D eigenvalue weighted by atomic mass is 9.76. The number of aldehydes is 1. The fraction of sp³-hybridized carbons (Fsp3) is 0.969. The largest absolute Gasteiger partial charge is 0.375 e. The normalized spacial score (nSPS) is 37.8. The zero-order chi connectivity index (χ0) is 26.7. The van der Waals surface area contributed by atoms with Crippen LogP contribution in [0.4, 0.5) is 0 Å². The van der Waals surface area contributed by atoms with Gasteiger partial charge in [-0.25, -0.2) is 0 Å². The van der Waals surface area contributed by atoms with Gasteiger partial charge in [-0.15, -0.1) is 0 Å². The Kier molecular flexibility index (Phi) is 18.8. The maximum Gasteiger partial charge on any atom is 0.123 e. The number of rotatable bonds is 7. The van der Waals surface area contributed by atoms with E-state index >= 15 is 0 Å². The Morgan fingerprint density at radius 1 is 0.629 bits per heavy atom. The molecule has 2 aliphatic rings. The monoisotopic (exact) mass is 499 g/mol. The second-order valence-corrected chi connectivity index (χ2v) is 12.0. The highest BCUT2D eigenvalue weighted by Gasteiger charge is 2.36. The number of carbonyl (C=O) groups excluding carboxylic acids is 1. The molecular formula is C32H66O3. The smallest absolute Gasteiger partial charge is 0.123 e. The van der Waals surface area contributed by atoms with Gasteiger partial charge in [0.25, 0.3) is 0 Å². The van der Waals surface area contributed by atoms with Gasteiger partial charge in [0.05, 0.1) is 24.4 Å². The van der Waals surface area contributed by atoms with Crippen molar-refractivity contribution in [1.29, 1.82) is 0 Å².